The molecule has 28 valence electrons. The van der Waals surface area contributed by atoms with E-state index in [1.54, 1.807) is 0 Å². The Morgan fingerprint density at radius 3 is 2.20 bits per heavy atom. The largest absolute Gasteiger partial charge is 0.686 e. The number of nitrogens with one attached hydrogen (secondary N) is 1. The van der Waals surface area contributed by atoms with E-state index in [2.05, 4.69) is 4.88 Å². The summed E-state index contributed by atoms with van der Waals surface area (Å²) in [5, 5.41) is 0. The van der Waals surface area contributed by atoms with Gasteiger partial charge in [0, 0.05) is 4.57 Å². The average molecular weight is 93.0 g/mol. The summed E-state index contributed by atoms with van der Waals surface area (Å²) in [4.78, 5) is 9.72. The molecule has 0 heterocycles. The molecule has 0 aliphatic rings. The first kappa shape index (κ1) is 4.66. The fourth-order valence-electron chi connectivity index (χ4n) is 0. The maximum Gasteiger partial charge on any atom is 0.686 e. The van der Waals surface area contributed by atoms with Crippen LogP contribution in [0.3, 0.4) is 0 Å². The van der Waals surface area contributed by atoms with Gasteiger partial charge in [-0.05, 0) is 0 Å². The van der Waals surface area contributed by atoms with Crippen LogP contribution in [0.4, 0.5) is 0 Å². The zero-order valence-corrected chi connectivity index (χ0v) is 3.14. The molecule has 0 fully saturated rings. The van der Waals surface area contributed by atoms with Gasteiger partial charge in [-0.15, -0.1) is 4.89 Å². The third-order valence-electron chi connectivity index (χ3n) is 0.0855. The second-order valence-electron chi connectivity index (χ2n) is 0.353. The van der Waals surface area contributed by atoms with Crippen LogP contribution in [0.1, 0.15) is 0 Å². The Balaban J connectivity index is 3.20. The van der Waals surface area contributed by atoms with Crippen molar-refractivity contribution in [2.24, 2.45) is 4.88 Å². The van der Waals surface area contributed by atoms with E-state index in [1.807, 2.05) is 0 Å². The summed E-state index contributed by atoms with van der Waals surface area (Å²) in [6, 6.07) is 0. The molecule has 0 aromatic rings. The highest BCUT2D eigenvalue weighted by Gasteiger charge is 2.00. The molecule has 0 saturated carbocycles. The number of nitrogens with zero attached hydrogens (tertiary/aromatic N) is 1. The molecule has 2 N–H and O–H groups in total. The van der Waals surface area contributed by atoms with E-state index >= 15 is 0 Å². The van der Waals surface area contributed by atoms with Gasteiger partial charge in [-0.1, -0.05) is 0 Å². The molecule has 0 amide bonds. The highest BCUT2D eigenvalue weighted by Crippen LogP contribution is 2.10. The van der Waals surface area contributed by atoms with E-state index in [4.69, 9.17) is 15.0 Å². The predicted molar refractivity (Wildman–Crippen MR) is 15.0 cm³/mol. The third-order valence-corrected chi connectivity index (χ3v) is 0.257. The number of hydrogen-bond acceptors (Lipinski definition) is 2. The van der Waals surface area contributed by atoms with Crippen LogP contribution in [-0.2, 0) is 4.57 Å². The van der Waals surface area contributed by atoms with Gasteiger partial charge in [0.15, 0.2) is 0 Å². The lowest BCUT2D eigenvalue weighted by molar-refractivity contribution is 0.501. The molecule has 0 rings (SSSR count). The maximum absolute atomic E-state index is 9.16. The minimum atomic E-state index is -2.56. The van der Waals surface area contributed by atoms with E-state index in [9.17, 15) is 0 Å². The van der Waals surface area contributed by atoms with Crippen LogP contribution in [0, 0.1) is 5.53 Å². The quantitative estimate of drug-likeness (QED) is 0.369. The van der Waals surface area contributed by atoms with Gasteiger partial charge in [0.05, 0.1) is 0 Å². The Hall–Kier alpha value is -0.340. The van der Waals surface area contributed by atoms with Crippen LogP contribution in [0.15, 0.2) is 4.88 Å². The van der Waals surface area contributed by atoms with Crippen molar-refractivity contribution < 1.29 is 9.46 Å². The van der Waals surface area contributed by atoms with Gasteiger partial charge in [-0.2, -0.15) is 5.53 Å². The fourth-order valence-corrected chi connectivity index (χ4v) is 0. The Morgan fingerprint density at radius 2 is 2.20 bits per heavy atom. The van der Waals surface area contributed by atoms with Crippen molar-refractivity contribution in [1.29, 1.82) is 5.53 Å². The van der Waals surface area contributed by atoms with E-state index < -0.39 is 8.18 Å². The summed E-state index contributed by atoms with van der Waals surface area (Å²) in [5.41, 5.74) is 5.75. The molecule has 0 spiro atoms. The van der Waals surface area contributed by atoms with Crippen LogP contribution < -0.4 is 0 Å². The Bertz CT molecular complexity index is 58.7. The standard InChI is InChI=1S/HN2O2P/c1-2-5(3)4/h1H/p+1. The number of hydrogen-bond donors (Lipinski definition) is 2. The van der Waals surface area contributed by atoms with Crippen LogP contribution in [0.2, 0.25) is 0 Å². The van der Waals surface area contributed by atoms with Gasteiger partial charge in [-0.25, -0.2) is 0 Å². The molecule has 0 aromatic carbocycles. The molecule has 0 aliphatic carbocycles. The summed E-state index contributed by atoms with van der Waals surface area (Å²) in [7, 11) is -2.56. The van der Waals surface area contributed by atoms with Gasteiger partial charge in [0.25, 0.3) is 0 Å². The minimum absolute atomic E-state index is 2.20. The van der Waals surface area contributed by atoms with Gasteiger partial charge in [0.1, 0.15) is 4.88 Å². The molecule has 0 aromatic heterocycles. The molecular weight excluding hydrogens is 91.0 g/mol. The first-order valence-electron chi connectivity index (χ1n) is 0.806. The summed E-state index contributed by atoms with van der Waals surface area (Å²) < 4.78 is 9.16. The summed E-state index contributed by atoms with van der Waals surface area (Å²) >= 11 is 0. The SMILES string of the molecule is N=N[P+](=O)O. The summed E-state index contributed by atoms with van der Waals surface area (Å²) in [6.07, 6.45) is 0. The van der Waals surface area contributed by atoms with Crippen molar-refractivity contribution in [3.05, 3.63) is 0 Å². The Kier molecular flexibility index (Phi) is 1.80. The van der Waals surface area contributed by atoms with E-state index in [0.29, 0.717) is 0 Å². The first-order valence-corrected chi connectivity index (χ1v) is 1.97. The minimum Gasteiger partial charge on any atom is -0.158 e. The molecular formula is H2N2O2P+. The van der Waals surface area contributed by atoms with Crippen molar-refractivity contribution >= 4 is 8.18 Å². The molecule has 5 heavy (non-hydrogen) atoms. The lowest BCUT2D eigenvalue weighted by Crippen LogP contribution is -1.34. The van der Waals surface area contributed by atoms with Gasteiger partial charge in [-0.3, -0.25) is 0 Å². The van der Waals surface area contributed by atoms with Crippen LogP contribution >= 0.6 is 8.18 Å². The number of rotatable bonds is 1. The van der Waals surface area contributed by atoms with E-state index in [1.165, 1.54) is 0 Å². The van der Waals surface area contributed by atoms with Crippen molar-refractivity contribution in [2.45, 2.75) is 0 Å². The lowest BCUT2D eigenvalue weighted by atomic mass is 13.3. The molecule has 0 bridgehead atoms. The highest BCUT2D eigenvalue weighted by molar-refractivity contribution is 7.36. The van der Waals surface area contributed by atoms with Crippen molar-refractivity contribution in [2.75, 3.05) is 0 Å². The average Bonchev–Trinajstić information content (AvgIpc) is 1.38. The third kappa shape index (κ3) is 3.66. The predicted octanol–water partition coefficient (Wildman–Crippen LogP) is 0.667. The second kappa shape index (κ2) is 1.93. The molecule has 0 aliphatic heterocycles. The Labute approximate surface area is 29.3 Å². The van der Waals surface area contributed by atoms with E-state index in [-0.39, 0.29) is 0 Å². The normalized spacial score (nSPS) is 10.2. The van der Waals surface area contributed by atoms with Crippen molar-refractivity contribution in [3.8, 4) is 0 Å². The molecule has 1 unspecified atom stereocenters. The zero-order valence-electron chi connectivity index (χ0n) is 2.25. The van der Waals surface area contributed by atoms with E-state index in [0.717, 1.165) is 0 Å². The van der Waals surface area contributed by atoms with Crippen molar-refractivity contribution in [3.63, 3.8) is 0 Å². The van der Waals surface area contributed by atoms with Crippen molar-refractivity contribution in [1.82, 2.24) is 0 Å². The van der Waals surface area contributed by atoms with Crippen LogP contribution in [-0.4, -0.2) is 4.89 Å². The molecule has 1 atom stereocenters. The summed E-state index contributed by atoms with van der Waals surface area (Å²) in [6.45, 7) is 0. The lowest BCUT2D eigenvalue weighted by Gasteiger charge is -1.39. The second-order valence-corrected chi connectivity index (χ2v) is 1.06. The highest BCUT2D eigenvalue weighted by atomic mass is 31.1. The molecule has 5 heteroatoms. The monoisotopic (exact) mass is 93.0 g/mol. The van der Waals surface area contributed by atoms with Gasteiger partial charge < -0.3 is 0 Å². The molecule has 4 nitrogen and oxygen atoms in total. The fraction of sp³-hybridized carbons (Fsp3) is 0. The maximum atomic E-state index is 9.16. The van der Waals surface area contributed by atoms with Gasteiger partial charge >= 0.3 is 8.18 Å². The summed E-state index contributed by atoms with van der Waals surface area (Å²) in [5.74, 6) is 0. The topological polar surface area (TPSA) is 73.5 Å². The molecule has 0 radical (unpaired) electrons. The van der Waals surface area contributed by atoms with Crippen LogP contribution in [0.5, 0.6) is 0 Å². The van der Waals surface area contributed by atoms with Gasteiger partial charge in [0.2, 0.25) is 0 Å². The van der Waals surface area contributed by atoms with Crippen LogP contribution in [0.25, 0.3) is 0 Å². The first-order chi connectivity index (χ1) is 2.27. The smallest absolute Gasteiger partial charge is 0.158 e. The Morgan fingerprint density at radius 1 is 2.00 bits per heavy atom. The zero-order chi connectivity index (χ0) is 4.28. The molecule has 0 saturated heterocycles.